The molecule has 0 amide bonds. The third kappa shape index (κ3) is 2.75. The molecule has 0 aliphatic heterocycles. The minimum atomic E-state index is -0.0380. The van der Waals surface area contributed by atoms with Crippen LogP contribution in [0.3, 0.4) is 0 Å². The molecule has 0 unspecified atom stereocenters. The molecule has 2 rings (SSSR count). The van der Waals surface area contributed by atoms with Gasteiger partial charge in [0, 0.05) is 24.4 Å². The fourth-order valence-electron chi connectivity index (χ4n) is 0.978. The second-order valence-corrected chi connectivity index (χ2v) is 4.93. The largest absolute Gasteiger partial charge is 0.392 e. The average Bonchev–Trinajstić information content (AvgIpc) is 2.78. The van der Waals surface area contributed by atoms with Crippen molar-refractivity contribution < 1.29 is 5.11 Å². The second kappa shape index (κ2) is 5.33. The molecule has 0 radical (unpaired) electrons. The van der Waals surface area contributed by atoms with Crippen molar-refractivity contribution in [2.75, 3.05) is 0 Å². The summed E-state index contributed by atoms with van der Waals surface area (Å²) >= 11 is 2.74. The highest BCUT2D eigenvalue weighted by molar-refractivity contribution is 8.00. The molecule has 2 aromatic heterocycles. The number of hydrogen-bond acceptors (Lipinski definition) is 7. The summed E-state index contributed by atoms with van der Waals surface area (Å²) in [6.07, 6.45) is 4.05. The highest BCUT2D eigenvalue weighted by Crippen LogP contribution is 2.25. The SMILES string of the molecule is CCc1nsc(Sc2ncc(CO)cn2)n1. The lowest BCUT2D eigenvalue weighted by Crippen LogP contribution is -1.90. The zero-order valence-corrected chi connectivity index (χ0v) is 10.3. The standard InChI is InChI=1S/C9H10N4OS2/c1-2-7-12-9(16-13-7)15-8-10-3-6(5-14)4-11-8/h3-4,14H,2,5H2,1H3. The van der Waals surface area contributed by atoms with Crippen LogP contribution in [0.5, 0.6) is 0 Å². The molecule has 84 valence electrons. The zero-order chi connectivity index (χ0) is 11.4. The van der Waals surface area contributed by atoms with Gasteiger partial charge in [0.05, 0.1) is 6.61 Å². The Balaban J connectivity index is 2.08. The Kier molecular flexibility index (Phi) is 3.81. The van der Waals surface area contributed by atoms with Crippen molar-refractivity contribution >= 4 is 23.3 Å². The maximum atomic E-state index is 8.85. The summed E-state index contributed by atoms with van der Waals surface area (Å²) < 4.78 is 5.02. The molecule has 0 spiro atoms. The summed E-state index contributed by atoms with van der Waals surface area (Å²) in [7, 11) is 0. The normalized spacial score (nSPS) is 10.6. The summed E-state index contributed by atoms with van der Waals surface area (Å²) in [5.74, 6) is 0.847. The van der Waals surface area contributed by atoms with E-state index < -0.39 is 0 Å². The van der Waals surface area contributed by atoms with Crippen LogP contribution in [-0.4, -0.2) is 24.4 Å². The molecule has 0 saturated carbocycles. The average molecular weight is 254 g/mol. The van der Waals surface area contributed by atoms with Gasteiger partial charge in [-0.05, 0) is 23.3 Å². The highest BCUT2D eigenvalue weighted by atomic mass is 32.2. The first kappa shape index (κ1) is 11.4. The van der Waals surface area contributed by atoms with Gasteiger partial charge in [-0.15, -0.1) is 0 Å². The van der Waals surface area contributed by atoms with Gasteiger partial charge in [-0.2, -0.15) is 4.37 Å². The lowest BCUT2D eigenvalue weighted by Gasteiger charge is -1.96. The van der Waals surface area contributed by atoms with Crippen molar-refractivity contribution in [3.05, 3.63) is 23.8 Å². The van der Waals surface area contributed by atoms with Gasteiger partial charge >= 0.3 is 0 Å². The zero-order valence-electron chi connectivity index (χ0n) is 8.62. The molecule has 0 saturated heterocycles. The summed E-state index contributed by atoms with van der Waals surface area (Å²) in [5, 5.41) is 9.47. The molecule has 16 heavy (non-hydrogen) atoms. The van der Waals surface area contributed by atoms with E-state index >= 15 is 0 Å². The van der Waals surface area contributed by atoms with Crippen molar-refractivity contribution in [2.45, 2.75) is 29.4 Å². The molecular formula is C9H10N4OS2. The van der Waals surface area contributed by atoms with Crippen LogP contribution in [0.2, 0.25) is 0 Å². The molecule has 7 heteroatoms. The summed E-state index contributed by atoms with van der Waals surface area (Å²) in [6, 6.07) is 0. The van der Waals surface area contributed by atoms with Crippen LogP contribution in [0.15, 0.2) is 21.9 Å². The Morgan fingerprint density at radius 1 is 1.38 bits per heavy atom. The topological polar surface area (TPSA) is 71.8 Å². The van der Waals surface area contributed by atoms with Gasteiger partial charge in [0.15, 0.2) is 9.50 Å². The predicted octanol–water partition coefficient (Wildman–Crippen LogP) is 1.53. The smallest absolute Gasteiger partial charge is 0.194 e. The molecule has 0 fully saturated rings. The molecule has 0 aliphatic carbocycles. The van der Waals surface area contributed by atoms with Crippen molar-refractivity contribution in [3.63, 3.8) is 0 Å². The van der Waals surface area contributed by atoms with Gasteiger partial charge < -0.3 is 5.11 Å². The summed E-state index contributed by atoms with van der Waals surface area (Å²) in [6.45, 7) is 1.98. The van der Waals surface area contributed by atoms with E-state index in [4.69, 9.17) is 5.11 Å². The maximum absolute atomic E-state index is 8.85. The Morgan fingerprint density at radius 3 is 2.69 bits per heavy atom. The first-order chi connectivity index (χ1) is 7.81. The second-order valence-electron chi connectivity index (χ2n) is 2.96. The van der Waals surface area contributed by atoms with Crippen LogP contribution in [0.25, 0.3) is 0 Å². The first-order valence-electron chi connectivity index (χ1n) is 4.74. The third-order valence-corrected chi connectivity index (χ3v) is 3.49. The molecule has 0 bridgehead atoms. The molecule has 2 heterocycles. The van der Waals surface area contributed by atoms with E-state index in [1.54, 1.807) is 12.4 Å². The van der Waals surface area contributed by atoms with Crippen molar-refractivity contribution in [1.29, 1.82) is 0 Å². The van der Waals surface area contributed by atoms with E-state index in [0.717, 1.165) is 16.6 Å². The number of aliphatic hydroxyl groups excluding tert-OH is 1. The van der Waals surface area contributed by atoms with E-state index in [0.29, 0.717) is 10.7 Å². The monoisotopic (exact) mass is 254 g/mol. The minimum Gasteiger partial charge on any atom is -0.392 e. The number of nitrogens with zero attached hydrogens (tertiary/aromatic N) is 4. The molecule has 0 aromatic carbocycles. The third-order valence-electron chi connectivity index (χ3n) is 1.81. The van der Waals surface area contributed by atoms with Gasteiger partial charge in [0.1, 0.15) is 5.82 Å². The Morgan fingerprint density at radius 2 is 2.12 bits per heavy atom. The lowest BCUT2D eigenvalue weighted by atomic mass is 10.4. The van der Waals surface area contributed by atoms with Gasteiger partial charge in [0.2, 0.25) is 0 Å². The number of aromatic nitrogens is 4. The molecule has 1 N–H and O–H groups in total. The van der Waals surface area contributed by atoms with Crippen LogP contribution in [0.4, 0.5) is 0 Å². The van der Waals surface area contributed by atoms with E-state index in [9.17, 15) is 0 Å². The van der Waals surface area contributed by atoms with Crippen molar-refractivity contribution in [2.24, 2.45) is 0 Å². The summed E-state index contributed by atoms with van der Waals surface area (Å²) in [4.78, 5) is 12.5. The molecule has 0 aliphatic rings. The predicted molar refractivity (Wildman–Crippen MR) is 61.4 cm³/mol. The fourth-order valence-corrected chi connectivity index (χ4v) is 2.48. The Hall–Kier alpha value is -1.05. The first-order valence-corrected chi connectivity index (χ1v) is 6.33. The van der Waals surface area contributed by atoms with Gasteiger partial charge in [0.25, 0.3) is 0 Å². The molecular weight excluding hydrogens is 244 g/mol. The number of hydrogen-bond donors (Lipinski definition) is 1. The van der Waals surface area contributed by atoms with E-state index in [2.05, 4.69) is 19.3 Å². The van der Waals surface area contributed by atoms with Gasteiger partial charge in [-0.25, -0.2) is 15.0 Å². The summed E-state index contributed by atoms with van der Waals surface area (Å²) in [5.41, 5.74) is 0.705. The minimum absolute atomic E-state index is 0.0380. The Labute approximate surface area is 101 Å². The fraction of sp³-hybridized carbons (Fsp3) is 0.333. The van der Waals surface area contributed by atoms with Crippen LogP contribution in [0.1, 0.15) is 18.3 Å². The van der Waals surface area contributed by atoms with Crippen LogP contribution < -0.4 is 0 Å². The van der Waals surface area contributed by atoms with E-state index in [1.165, 1.54) is 23.3 Å². The molecule has 5 nitrogen and oxygen atoms in total. The van der Waals surface area contributed by atoms with Crippen LogP contribution >= 0.6 is 23.3 Å². The highest BCUT2D eigenvalue weighted by Gasteiger charge is 2.06. The van der Waals surface area contributed by atoms with E-state index in [-0.39, 0.29) is 6.61 Å². The van der Waals surface area contributed by atoms with Crippen LogP contribution in [-0.2, 0) is 13.0 Å². The van der Waals surface area contributed by atoms with Gasteiger partial charge in [-0.3, -0.25) is 0 Å². The van der Waals surface area contributed by atoms with Crippen molar-refractivity contribution in [3.8, 4) is 0 Å². The number of aliphatic hydroxyl groups is 1. The van der Waals surface area contributed by atoms with E-state index in [1.807, 2.05) is 6.92 Å². The van der Waals surface area contributed by atoms with Crippen LogP contribution in [0, 0.1) is 0 Å². The Bertz CT molecular complexity index is 457. The number of rotatable bonds is 4. The lowest BCUT2D eigenvalue weighted by molar-refractivity contribution is 0.280. The molecule has 2 aromatic rings. The van der Waals surface area contributed by atoms with Gasteiger partial charge in [-0.1, -0.05) is 6.92 Å². The quantitative estimate of drug-likeness (QED) is 0.834. The van der Waals surface area contributed by atoms with Crippen molar-refractivity contribution in [1.82, 2.24) is 19.3 Å². The number of aryl methyl sites for hydroxylation is 1. The maximum Gasteiger partial charge on any atom is 0.194 e. The molecule has 0 atom stereocenters.